The number of hydrogen-bond donors (Lipinski definition) is 3. The molecule has 0 rings (SSSR count). The van der Waals surface area contributed by atoms with Crippen LogP contribution >= 0.6 is 0 Å². The first-order chi connectivity index (χ1) is 5.04. The molecule has 0 aliphatic carbocycles. The summed E-state index contributed by atoms with van der Waals surface area (Å²) in [4.78, 5) is 24.7. The molecule has 2 amide bonds. The van der Waals surface area contributed by atoms with Crippen molar-refractivity contribution in [2.75, 3.05) is 0 Å². The summed E-state index contributed by atoms with van der Waals surface area (Å²) in [5.74, 6) is -0.668. The second-order valence-corrected chi connectivity index (χ2v) is 1.76. The molecule has 0 fully saturated rings. The minimum atomic E-state index is -0.848. The van der Waals surface area contributed by atoms with E-state index in [1.54, 1.807) is 0 Å². The molecule has 0 aromatic carbocycles. The Bertz CT molecular complexity index is 189. The van der Waals surface area contributed by atoms with Crippen LogP contribution in [0.3, 0.4) is 0 Å². The van der Waals surface area contributed by atoms with Crippen LogP contribution in [0.4, 0.5) is 4.79 Å². The lowest BCUT2D eigenvalue weighted by molar-refractivity contribution is -0.147. The van der Waals surface area contributed by atoms with E-state index in [1.807, 2.05) is 11.0 Å². The van der Waals surface area contributed by atoms with Gasteiger partial charge in [-0.3, -0.25) is 0 Å². The fourth-order valence-corrected chi connectivity index (χ4v) is 0.209. The highest BCUT2D eigenvalue weighted by molar-refractivity contribution is 5.86. The molecule has 62 valence electrons. The minimum Gasteiger partial charge on any atom is -0.350 e. The number of hydrazine groups is 1. The maximum absolute atomic E-state index is 10.5. The number of urea groups is 1. The van der Waals surface area contributed by atoms with Gasteiger partial charge in [-0.15, -0.1) is 0 Å². The first kappa shape index (κ1) is 9.44. The lowest BCUT2D eigenvalue weighted by Crippen LogP contribution is -2.42. The quantitative estimate of drug-likeness (QED) is 0.371. The molecular formula is C5H9N3O3. The predicted molar refractivity (Wildman–Crippen MR) is 36.8 cm³/mol. The van der Waals surface area contributed by atoms with Crippen molar-refractivity contribution in [1.82, 2.24) is 11.0 Å². The molecule has 0 bridgehead atoms. The van der Waals surface area contributed by atoms with Crippen LogP contribution in [0.25, 0.3) is 0 Å². The van der Waals surface area contributed by atoms with E-state index in [-0.39, 0.29) is 5.57 Å². The molecule has 11 heavy (non-hydrogen) atoms. The number of carbonyl (C=O) groups excluding carboxylic acids is 2. The fraction of sp³-hybridized carbons (Fsp3) is 0.200. The van der Waals surface area contributed by atoms with Crippen molar-refractivity contribution in [3.8, 4) is 0 Å². The molecule has 0 aliphatic heterocycles. The molecule has 0 heterocycles. The number of nitrogens with two attached hydrogens (primary N) is 1. The van der Waals surface area contributed by atoms with Gasteiger partial charge in [0.25, 0.3) is 0 Å². The molecule has 0 atom stereocenters. The van der Waals surface area contributed by atoms with Gasteiger partial charge in [0.2, 0.25) is 0 Å². The fourth-order valence-electron chi connectivity index (χ4n) is 0.209. The maximum Gasteiger partial charge on any atom is 0.353 e. The average Bonchev–Trinajstić information content (AvgIpc) is 1.86. The lowest BCUT2D eigenvalue weighted by atomic mass is 10.4. The maximum atomic E-state index is 10.5. The molecule has 0 aromatic heterocycles. The van der Waals surface area contributed by atoms with Crippen molar-refractivity contribution in [2.24, 2.45) is 5.73 Å². The second kappa shape index (κ2) is 4.29. The van der Waals surface area contributed by atoms with Gasteiger partial charge in [0.1, 0.15) is 0 Å². The van der Waals surface area contributed by atoms with Crippen molar-refractivity contribution in [3.63, 3.8) is 0 Å². The summed E-state index contributed by atoms with van der Waals surface area (Å²) < 4.78 is 0. The van der Waals surface area contributed by atoms with Crippen LogP contribution in [0.2, 0.25) is 0 Å². The summed E-state index contributed by atoms with van der Waals surface area (Å²) >= 11 is 0. The molecule has 0 spiro atoms. The molecular weight excluding hydrogens is 150 g/mol. The third kappa shape index (κ3) is 4.91. The van der Waals surface area contributed by atoms with E-state index in [4.69, 9.17) is 0 Å². The molecule has 0 unspecified atom stereocenters. The summed E-state index contributed by atoms with van der Waals surface area (Å²) in [5.41, 5.74) is 8.51. The number of primary amides is 1. The summed E-state index contributed by atoms with van der Waals surface area (Å²) in [6.07, 6.45) is 0. The topological polar surface area (TPSA) is 93.4 Å². The Labute approximate surface area is 63.3 Å². The highest BCUT2D eigenvalue weighted by atomic mass is 16.7. The Morgan fingerprint density at radius 1 is 1.55 bits per heavy atom. The van der Waals surface area contributed by atoms with Crippen molar-refractivity contribution >= 4 is 12.0 Å². The third-order valence-corrected chi connectivity index (χ3v) is 0.666. The van der Waals surface area contributed by atoms with E-state index in [0.717, 1.165) is 0 Å². The van der Waals surface area contributed by atoms with E-state index in [0.29, 0.717) is 0 Å². The van der Waals surface area contributed by atoms with Gasteiger partial charge < -0.3 is 10.6 Å². The van der Waals surface area contributed by atoms with Crippen LogP contribution in [0.1, 0.15) is 6.92 Å². The smallest absolute Gasteiger partial charge is 0.350 e. The molecule has 0 radical (unpaired) electrons. The minimum absolute atomic E-state index is 0.212. The van der Waals surface area contributed by atoms with Gasteiger partial charge >= 0.3 is 12.0 Å². The number of carbonyl (C=O) groups is 2. The van der Waals surface area contributed by atoms with E-state index in [9.17, 15) is 9.59 Å². The van der Waals surface area contributed by atoms with Crippen LogP contribution in [-0.4, -0.2) is 12.0 Å². The van der Waals surface area contributed by atoms with Crippen LogP contribution < -0.4 is 16.7 Å². The van der Waals surface area contributed by atoms with Gasteiger partial charge in [-0.1, -0.05) is 12.2 Å². The van der Waals surface area contributed by atoms with Crippen LogP contribution in [-0.2, 0) is 9.63 Å². The standard InChI is InChI=1S/C5H9N3O3/c1-3(2)4(9)11-8-7-5(6)10/h8H,1H2,2H3,(H3,6,7,10). The Balaban J connectivity index is 3.47. The summed E-state index contributed by atoms with van der Waals surface area (Å²) in [7, 11) is 0. The summed E-state index contributed by atoms with van der Waals surface area (Å²) in [6.45, 7) is 4.76. The Morgan fingerprint density at radius 2 is 2.09 bits per heavy atom. The molecule has 6 heteroatoms. The van der Waals surface area contributed by atoms with Gasteiger partial charge in [-0.05, 0) is 6.92 Å². The van der Waals surface area contributed by atoms with Crippen molar-refractivity contribution in [2.45, 2.75) is 6.92 Å². The molecule has 4 N–H and O–H groups in total. The molecule has 0 aliphatic rings. The van der Waals surface area contributed by atoms with E-state index in [1.165, 1.54) is 6.92 Å². The van der Waals surface area contributed by atoms with E-state index < -0.39 is 12.0 Å². The van der Waals surface area contributed by atoms with Crippen LogP contribution in [0.15, 0.2) is 12.2 Å². The predicted octanol–water partition coefficient (Wildman–Crippen LogP) is -0.806. The van der Waals surface area contributed by atoms with E-state index in [2.05, 4.69) is 17.2 Å². The summed E-state index contributed by atoms with van der Waals surface area (Å²) in [5, 5.41) is 0. The van der Waals surface area contributed by atoms with Gasteiger partial charge in [0, 0.05) is 5.57 Å². The Kier molecular flexibility index (Phi) is 3.68. The largest absolute Gasteiger partial charge is 0.353 e. The molecule has 0 aromatic rings. The van der Waals surface area contributed by atoms with Gasteiger partial charge in [-0.25, -0.2) is 15.0 Å². The zero-order valence-corrected chi connectivity index (χ0v) is 6.01. The third-order valence-electron chi connectivity index (χ3n) is 0.666. The number of rotatable bonds is 3. The Morgan fingerprint density at radius 3 is 2.45 bits per heavy atom. The SMILES string of the molecule is C=C(C)C(=O)ONNC(N)=O. The first-order valence-corrected chi connectivity index (χ1v) is 2.71. The van der Waals surface area contributed by atoms with Crippen molar-refractivity contribution in [3.05, 3.63) is 12.2 Å². The number of amides is 2. The number of nitrogens with one attached hydrogen (secondary N) is 2. The van der Waals surface area contributed by atoms with E-state index >= 15 is 0 Å². The molecule has 0 saturated heterocycles. The van der Waals surface area contributed by atoms with Gasteiger partial charge in [0.05, 0.1) is 0 Å². The van der Waals surface area contributed by atoms with Crippen molar-refractivity contribution < 1.29 is 14.4 Å². The molecule has 6 nitrogen and oxygen atoms in total. The zero-order valence-electron chi connectivity index (χ0n) is 6.01. The van der Waals surface area contributed by atoms with Crippen molar-refractivity contribution in [1.29, 1.82) is 0 Å². The second-order valence-electron chi connectivity index (χ2n) is 1.76. The van der Waals surface area contributed by atoms with Gasteiger partial charge in [0.15, 0.2) is 0 Å². The number of hydrogen-bond acceptors (Lipinski definition) is 4. The van der Waals surface area contributed by atoms with Gasteiger partial charge in [-0.2, -0.15) is 0 Å². The Hall–Kier alpha value is -1.56. The normalized spacial score (nSPS) is 8.45. The highest BCUT2D eigenvalue weighted by Gasteiger charge is 2.01. The highest BCUT2D eigenvalue weighted by Crippen LogP contribution is 1.87. The summed E-state index contributed by atoms with van der Waals surface area (Å²) in [6, 6.07) is -0.848. The zero-order chi connectivity index (χ0) is 8.85. The van der Waals surface area contributed by atoms with Crippen LogP contribution in [0, 0.1) is 0 Å². The average molecular weight is 159 g/mol. The molecule has 0 saturated carbocycles. The monoisotopic (exact) mass is 159 g/mol. The lowest BCUT2D eigenvalue weighted by Gasteiger charge is -2.03. The van der Waals surface area contributed by atoms with Crippen LogP contribution in [0.5, 0.6) is 0 Å². The first-order valence-electron chi connectivity index (χ1n) is 2.71.